The van der Waals surface area contributed by atoms with Gasteiger partial charge in [-0.1, -0.05) is 30.3 Å². The largest absolute Gasteiger partial charge is 0.379 e. The monoisotopic (exact) mass is 260 g/mol. The number of nitrogens with zero attached hydrogens (tertiary/aromatic N) is 1. The Kier molecular flexibility index (Phi) is 7.88. The molecule has 0 bridgehead atoms. The van der Waals surface area contributed by atoms with Gasteiger partial charge in [0.1, 0.15) is 0 Å². The molecule has 1 atom stereocenters. The second kappa shape index (κ2) is 9.55. The van der Waals surface area contributed by atoms with Crippen LogP contribution in [0.25, 0.3) is 0 Å². The lowest BCUT2D eigenvalue weighted by Gasteiger charge is -2.16. The minimum absolute atomic E-state index is 0.136. The van der Waals surface area contributed by atoms with Gasteiger partial charge in [-0.05, 0) is 38.8 Å². The molecule has 0 heterocycles. The van der Waals surface area contributed by atoms with Gasteiger partial charge in [0.15, 0.2) is 0 Å². The summed E-state index contributed by atoms with van der Waals surface area (Å²) in [6.07, 6.45) is 2.94. The standard InChI is InChI=1S/C16H24N2O/c1-14(2)19-13-7-6-12-18-16(10-11-17)15-8-4-3-5-9-15/h3-5,8-9,14,16,18H,6-7,10,12-13H2,1-2H3. The second-order valence-corrected chi connectivity index (χ2v) is 4.91. The van der Waals surface area contributed by atoms with E-state index in [4.69, 9.17) is 10.00 Å². The van der Waals surface area contributed by atoms with Crippen molar-refractivity contribution in [1.29, 1.82) is 5.26 Å². The van der Waals surface area contributed by atoms with Crippen molar-refractivity contribution in [2.45, 2.75) is 45.3 Å². The van der Waals surface area contributed by atoms with E-state index in [2.05, 4.69) is 37.4 Å². The zero-order valence-corrected chi connectivity index (χ0v) is 11.9. The van der Waals surface area contributed by atoms with Gasteiger partial charge in [-0.2, -0.15) is 5.26 Å². The van der Waals surface area contributed by atoms with Crippen LogP contribution in [0, 0.1) is 11.3 Å². The molecule has 0 aromatic heterocycles. The lowest BCUT2D eigenvalue weighted by molar-refractivity contribution is 0.0759. The molecule has 0 radical (unpaired) electrons. The van der Waals surface area contributed by atoms with Crippen LogP contribution in [-0.4, -0.2) is 19.3 Å². The third-order valence-corrected chi connectivity index (χ3v) is 2.91. The van der Waals surface area contributed by atoms with Gasteiger partial charge in [0.2, 0.25) is 0 Å². The molecule has 0 spiro atoms. The number of nitriles is 1. The summed E-state index contributed by atoms with van der Waals surface area (Å²) in [6, 6.07) is 12.5. The van der Waals surface area contributed by atoms with Crippen molar-refractivity contribution >= 4 is 0 Å². The Bertz CT molecular complexity index is 370. The highest BCUT2D eigenvalue weighted by atomic mass is 16.5. The molecule has 3 nitrogen and oxygen atoms in total. The van der Waals surface area contributed by atoms with Gasteiger partial charge >= 0.3 is 0 Å². The number of rotatable bonds is 9. The Balaban J connectivity index is 2.26. The first-order valence-corrected chi connectivity index (χ1v) is 7.01. The summed E-state index contributed by atoms with van der Waals surface area (Å²) >= 11 is 0. The molecule has 0 aliphatic rings. The summed E-state index contributed by atoms with van der Waals surface area (Å²) in [5, 5.41) is 12.3. The summed E-state index contributed by atoms with van der Waals surface area (Å²) in [5.74, 6) is 0. The molecule has 0 aliphatic carbocycles. The number of benzene rings is 1. The van der Waals surface area contributed by atoms with Gasteiger partial charge in [0.25, 0.3) is 0 Å². The summed E-state index contributed by atoms with van der Waals surface area (Å²) < 4.78 is 5.50. The predicted molar refractivity (Wildman–Crippen MR) is 77.7 cm³/mol. The smallest absolute Gasteiger partial charge is 0.0641 e. The molecule has 0 fully saturated rings. The zero-order chi connectivity index (χ0) is 13.9. The van der Waals surface area contributed by atoms with Crippen LogP contribution in [0.1, 0.15) is 44.7 Å². The highest BCUT2D eigenvalue weighted by Gasteiger charge is 2.09. The van der Waals surface area contributed by atoms with Gasteiger partial charge in [0, 0.05) is 12.6 Å². The molecule has 1 aromatic rings. The topological polar surface area (TPSA) is 45.0 Å². The van der Waals surface area contributed by atoms with Crippen LogP contribution in [-0.2, 0) is 4.74 Å². The molecule has 0 saturated carbocycles. The van der Waals surface area contributed by atoms with Gasteiger partial charge < -0.3 is 10.1 Å². The van der Waals surface area contributed by atoms with Crippen LogP contribution in [0.4, 0.5) is 0 Å². The van der Waals surface area contributed by atoms with Crippen molar-refractivity contribution in [3.8, 4) is 6.07 Å². The maximum Gasteiger partial charge on any atom is 0.0641 e. The SMILES string of the molecule is CC(C)OCCCCNC(CC#N)c1ccccc1. The number of ether oxygens (including phenoxy) is 1. The molecule has 104 valence electrons. The average molecular weight is 260 g/mol. The van der Waals surface area contributed by atoms with E-state index in [1.54, 1.807) is 0 Å². The Morgan fingerprint density at radius 1 is 1.21 bits per heavy atom. The molecule has 1 aromatic carbocycles. The van der Waals surface area contributed by atoms with Crippen molar-refractivity contribution in [2.24, 2.45) is 0 Å². The van der Waals surface area contributed by atoms with Gasteiger partial charge in [-0.25, -0.2) is 0 Å². The molecule has 1 unspecified atom stereocenters. The summed E-state index contributed by atoms with van der Waals surface area (Å²) in [6.45, 7) is 5.84. The normalized spacial score (nSPS) is 12.3. The highest BCUT2D eigenvalue weighted by molar-refractivity contribution is 5.19. The van der Waals surface area contributed by atoms with Crippen molar-refractivity contribution in [3.05, 3.63) is 35.9 Å². The Hall–Kier alpha value is -1.37. The van der Waals surface area contributed by atoms with Crippen molar-refractivity contribution in [1.82, 2.24) is 5.32 Å². The molecule has 0 aliphatic heterocycles. The zero-order valence-electron chi connectivity index (χ0n) is 11.9. The van der Waals surface area contributed by atoms with Crippen molar-refractivity contribution in [3.63, 3.8) is 0 Å². The first kappa shape index (κ1) is 15.7. The second-order valence-electron chi connectivity index (χ2n) is 4.91. The summed E-state index contributed by atoms with van der Waals surface area (Å²) in [4.78, 5) is 0. The number of unbranched alkanes of at least 4 members (excludes halogenated alkanes) is 1. The van der Waals surface area contributed by atoms with Crippen molar-refractivity contribution < 1.29 is 4.74 Å². The van der Waals surface area contributed by atoms with E-state index in [0.717, 1.165) is 26.0 Å². The first-order valence-electron chi connectivity index (χ1n) is 7.01. The van der Waals surface area contributed by atoms with E-state index in [1.807, 2.05) is 18.2 Å². The maximum absolute atomic E-state index is 8.89. The quantitative estimate of drug-likeness (QED) is 0.692. The van der Waals surface area contributed by atoms with E-state index in [1.165, 1.54) is 5.56 Å². The van der Waals surface area contributed by atoms with E-state index in [-0.39, 0.29) is 6.04 Å². The molecule has 1 N–H and O–H groups in total. The van der Waals surface area contributed by atoms with E-state index in [0.29, 0.717) is 12.5 Å². The lowest BCUT2D eigenvalue weighted by atomic mass is 10.0. The number of hydrogen-bond acceptors (Lipinski definition) is 3. The van der Waals surface area contributed by atoms with Crippen LogP contribution in [0.15, 0.2) is 30.3 Å². The Morgan fingerprint density at radius 2 is 1.95 bits per heavy atom. The fourth-order valence-corrected chi connectivity index (χ4v) is 1.91. The van der Waals surface area contributed by atoms with Gasteiger partial charge in [0.05, 0.1) is 18.6 Å². The van der Waals surface area contributed by atoms with Crippen LogP contribution in [0.2, 0.25) is 0 Å². The van der Waals surface area contributed by atoms with Gasteiger partial charge in [-0.3, -0.25) is 0 Å². The van der Waals surface area contributed by atoms with E-state index >= 15 is 0 Å². The Labute approximate surface area is 116 Å². The third-order valence-electron chi connectivity index (χ3n) is 2.91. The van der Waals surface area contributed by atoms with Crippen LogP contribution in [0.3, 0.4) is 0 Å². The lowest BCUT2D eigenvalue weighted by Crippen LogP contribution is -2.22. The van der Waals surface area contributed by atoms with Gasteiger partial charge in [-0.15, -0.1) is 0 Å². The van der Waals surface area contributed by atoms with E-state index < -0.39 is 0 Å². The molecule has 3 heteroatoms. The van der Waals surface area contributed by atoms with Crippen molar-refractivity contribution in [2.75, 3.05) is 13.2 Å². The molecule has 0 amide bonds. The fraction of sp³-hybridized carbons (Fsp3) is 0.562. The van der Waals surface area contributed by atoms with Crippen LogP contribution >= 0.6 is 0 Å². The average Bonchev–Trinajstić information content (AvgIpc) is 2.42. The fourth-order valence-electron chi connectivity index (χ4n) is 1.91. The number of nitrogens with one attached hydrogen (secondary N) is 1. The number of hydrogen-bond donors (Lipinski definition) is 1. The molecule has 1 rings (SSSR count). The molecular weight excluding hydrogens is 236 g/mol. The van der Waals surface area contributed by atoms with Crippen LogP contribution in [0.5, 0.6) is 0 Å². The predicted octanol–water partition coefficient (Wildman–Crippen LogP) is 3.44. The molecular formula is C16H24N2O. The Morgan fingerprint density at radius 3 is 2.58 bits per heavy atom. The summed E-state index contributed by atoms with van der Waals surface area (Å²) in [7, 11) is 0. The molecule has 0 saturated heterocycles. The third kappa shape index (κ3) is 6.95. The molecule has 19 heavy (non-hydrogen) atoms. The minimum Gasteiger partial charge on any atom is -0.379 e. The highest BCUT2D eigenvalue weighted by Crippen LogP contribution is 2.15. The van der Waals surface area contributed by atoms with E-state index in [9.17, 15) is 0 Å². The summed E-state index contributed by atoms with van der Waals surface area (Å²) in [5.41, 5.74) is 1.18. The first-order chi connectivity index (χ1) is 9.24. The van der Waals surface area contributed by atoms with Crippen LogP contribution < -0.4 is 5.32 Å². The minimum atomic E-state index is 0.136. The maximum atomic E-state index is 8.89.